The quantitative estimate of drug-likeness (QED) is 0.879. The van der Waals surface area contributed by atoms with Crippen LogP contribution in [0, 0.1) is 5.92 Å². The molecule has 2 N–H and O–H groups in total. The molecule has 23 heavy (non-hydrogen) atoms. The van der Waals surface area contributed by atoms with Gasteiger partial charge in [-0.15, -0.1) is 13.2 Å². The van der Waals surface area contributed by atoms with Crippen molar-refractivity contribution in [2.24, 2.45) is 5.92 Å². The van der Waals surface area contributed by atoms with E-state index in [0.29, 0.717) is 31.9 Å². The summed E-state index contributed by atoms with van der Waals surface area (Å²) < 4.78 is 40.8. The lowest BCUT2D eigenvalue weighted by atomic mass is 10.0. The number of anilines is 1. The highest BCUT2D eigenvalue weighted by Gasteiger charge is 2.32. The van der Waals surface area contributed by atoms with Crippen molar-refractivity contribution in [3.05, 3.63) is 24.3 Å². The van der Waals surface area contributed by atoms with E-state index >= 15 is 0 Å². The molecule has 0 spiro atoms. The second-order valence-electron chi connectivity index (χ2n) is 5.84. The van der Waals surface area contributed by atoms with Crippen LogP contribution in [0.3, 0.4) is 0 Å². The van der Waals surface area contributed by atoms with Gasteiger partial charge in [0, 0.05) is 44.0 Å². The lowest BCUT2D eigenvalue weighted by Gasteiger charge is -2.27. The summed E-state index contributed by atoms with van der Waals surface area (Å²) in [4.78, 5) is 13.9. The van der Waals surface area contributed by atoms with Gasteiger partial charge in [0.2, 0.25) is 5.91 Å². The van der Waals surface area contributed by atoms with Crippen LogP contribution in [-0.2, 0) is 4.79 Å². The van der Waals surface area contributed by atoms with Crippen LogP contribution in [-0.4, -0.2) is 44.5 Å². The fourth-order valence-corrected chi connectivity index (χ4v) is 2.78. The number of benzene rings is 1. The second kappa shape index (κ2) is 6.27. The van der Waals surface area contributed by atoms with Crippen LogP contribution in [0.15, 0.2) is 24.3 Å². The van der Waals surface area contributed by atoms with Gasteiger partial charge in [0.25, 0.3) is 0 Å². The number of ether oxygens (including phenoxy) is 1. The Balaban J connectivity index is 1.58. The average molecular weight is 329 g/mol. The lowest BCUT2D eigenvalue weighted by Crippen LogP contribution is -2.53. The molecule has 126 valence electrons. The minimum atomic E-state index is -4.70. The van der Waals surface area contributed by atoms with E-state index in [1.807, 2.05) is 4.90 Å². The molecule has 2 aliphatic heterocycles. The molecule has 2 saturated heterocycles. The predicted molar refractivity (Wildman–Crippen MR) is 78.2 cm³/mol. The number of hydrogen-bond acceptors (Lipinski definition) is 4. The normalized spacial score (nSPS) is 21.9. The molecular formula is C15H18F3N3O2. The van der Waals surface area contributed by atoms with Crippen LogP contribution in [0.2, 0.25) is 0 Å². The van der Waals surface area contributed by atoms with Crippen molar-refractivity contribution in [1.29, 1.82) is 0 Å². The Morgan fingerprint density at radius 3 is 2.78 bits per heavy atom. The summed E-state index contributed by atoms with van der Waals surface area (Å²) in [6.07, 6.45) is -3.92. The Morgan fingerprint density at radius 2 is 2.13 bits per heavy atom. The molecule has 8 heteroatoms. The summed E-state index contributed by atoms with van der Waals surface area (Å²) >= 11 is 0. The number of nitrogens with zero attached hydrogens (tertiary/aromatic N) is 1. The molecular weight excluding hydrogens is 311 g/mol. The first-order chi connectivity index (χ1) is 10.9. The molecule has 0 saturated carbocycles. The van der Waals surface area contributed by atoms with Gasteiger partial charge in [0.05, 0.1) is 5.92 Å². The Bertz CT molecular complexity index is 575. The van der Waals surface area contributed by atoms with Crippen molar-refractivity contribution in [2.75, 3.05) is 31.1 Å². The predicted octanol–water partition coefficient (Wildman–Crippen LogP) is 1.50. The van der Waals surface area contributed by atoms with Crippen LogP contribution in [0.25, 0.3) is 0 Å². The third kappa shape index (κ3) is 4.07. The van der Waals surface area contributed by atoms with E-state index in [2.05, 4.69) is 15.4 Å². The largest absolute Gasteiger partial charge is 0.573 e. The summed E-state index contributed by atoms with van der Waals surface area (Å²) in [5, 5.41) is 6.05. The van der Waals surface area contributed by atoms with Crippen LogP contribution < -0.4 is 20.3 Å². The van der Waals surface area contributed by atoms with Crippen LogP contribution in [0.1, 0.15) is 6.42 Å². The fraction of sp³-hybridized carbons (Fsp3) is 0.533. The van der Waals surface area contributed by atoms with Crippen molar-refractivity contribution in [1.82, 2.24) is 10.6 Å². The molecule has 0 radical (unpaired) electrons. The highest BCUT2D eigenvalue weighted by molar-refractivity contribution is 5.80. The van der Waals surface area contributed by atoms with Gasteiger partial charge in [-0.3, -0.25) is 4.79 Å². The Labute approximate surface area is 131 Å². The minimum absolute atomic E-state index is 0.0234. The Morgan fingerprint density at radius 1 is 1.35 bits per heavy atom. The molecule has 0 aromatic heterocycles. The maximum atomic E-state index is 12.3. The maximum absolute atomic E-state index is 12.3. The topological polar surface area (TPSA) is 53.6 Å². The zero-order valence-electron chi connectivity index (χ0n) is 12.4. The first-order valence-electron chi connectivity index (χ1n) is 7.52. The van der Waals surface area contributed by atoms with Gasteiger partial charge in [-0.2, -0.15) is 0 Å². The van der Waals surface area contributed by atoms with Gasteiger partial charge in [-0.05, 0) is 18.6 Å². The number of hydrogen-bond donors (Lipinski definition) is 2. The Hall–Kier alpha value is -1.96. The molecule has 1 unspecified atom stereocenters. The summed E-state index contributed by atoms with van der Waals surface area (Å²) in [6.45, 7) is 2.68. The number of alkyl halides is 3. The molecule has 1 atom stereocenters. The van der Waals surface area contributed by atoms with Crippen molar-refractivity contribution in [3.63, 3.8) is 0 Å². The second-order valence-corrected chi connectivity index (χ2v) is 5.84. The third-order valence-electron chi connectivity index (χ3n) is 4.10. The third-order valence-corrected chi connectivity index (χ3v) is 4.10. The summed E-state index contributed by atoms with van der Waals surface area (Å²) in [5.74, 6) is -0.152. The van der Waals surface area contributed by atoms with E-state index in [1.165, 1.54) is 18.2 Å². The number of carbonyl (C=O) groups is 1. The van der Waals surface area contributed by atoms with E-state index < -0.39 is 6.36 Å². The molecule has 1 aromatic carbocycles. The molecule has 1 amide bonds. The van der Waals surface area contributed by atoms with Crippen molar-refractivity contribution in [2.45, 2.75) is 18.8 Å². The molecule has 2 fully saturated rings. The Kier molecular flexibility index (Phi) is 4.34. The van der Waals surface area contributed by atoms with E-state index in [1.54, 1.807) is 6.07 Å². The highest BCUT2D eigenvalue weighted by atomic mass is 19.4. The first-order valence-corrected chi connectivity index (χ1v) is 7.52. The van der Waals surface area contributed by atoms with E-state index in [-0.39, 0.29) is 23.6 Å². The summed E-state index contributed by atoms with van der Waals surface area (Å²) in [7, 11) is 0. The van der Waals surface area contributed by atoms with Crippen LogP contribution >= 0.6 is 0 Å². The van der Waals surface area contributed by atoms with Gasteiger partial charge in [-0.1, -0.05) is 6.07 Å². The first kappa shape index (κ1) is 15.9. The highest BCUT2D eigenvalue weighted by Crippen LogP contribution is 2.28. The maximum Gasteiger partial charge on any atom is 0.573 e. The van der Waals surface area contributed by atoms with E-state index in [0.717, 1.165) is 6.42 Å². The average Bonchev–Trinajstić information content (AvgIpc) is 2.83. The molecule has 0 aliphatic carbocycles. The lowest BCUT2D eigenvalue weighted by molar-refractivity contribution is -0.274. The molecule has 0 bridgehead atoms. The van der Waals surface area contributed by atoms with Gasteiger partial charge < -0.3 is 20.3 Å². The zero-order chi connectivity index (χ0) is 16.4. The van der Waals surface area contributed by atoms with E-state index in [9.17, 15) is 18.0 Å². The van der Waals surface area contributed by atoms with Crippen molar-refractivity contribution >= 4 is 11.6 Å². The molecule has 2 aliphatic rings. The van der Waals surface area contributed by atoms with E-state index in [4.69, 9.17) is 0 Å². The van der Waals surface area contributed by atoms with Crippen molar-refractivity contribution < 1.29 is 22.7 Å². The van der Waals surface area contributed by atoms with Crippen LogP contribution in [0.4, 0.5) is 18.9 Å². The number of carbonyl (C=O) groups excluding carboxylic acids is 1. The summed E-state index contributed by atoms with van der Waals surface area (Å²) in [6, 6.07) is 5.94. The minimum Gasteiger partial charge on any atom is -0.406 e. The fourth-order valence-electron chi connectivity index (χ4n) is 2.78. The number of nitrogens with one attached hydrogen (secondary N) is 2. The molecule has 5 nitrogen and oxygen atoms in total. The van der Waals surface area contributed by atoms with Gasteiger partial charge in [0.1, 0.15) is 5.75 Å². The molecule has 1 aromatic rings. The monoisotopic (exact) mass is 329 g/mol. The summed E-state index contributed by atoms with van der Waals surface area (Å²) in [5.41, 5.74) is 0.661. The van der Waals surface area contributed by atoms with Gasteiger partial charge in [0.15, 0.2) is 0 Å². The smallest absolute Gasteiger partial charge is 0.406 e. The number of rotatable bonds is 4. The number of halogens is 3. The number of amides is 1. The van der Waals surface area contributed by atoms with Crippen molar-refractivity contribution in [3.8, 4) is 5.75 Å². The van der Waals surface area contributed by atoms with Gasteiger partial charge in [-0.25, -0.2) is 0 Å². The SMILES string of the molecule is O=C(NC1CCN(c2cccc(OC(F)(F)F)c2)C1)C1CNC1. The molecule has 2 heterocycles. The standard InChI is InChI=1S/C15H18F3N3O2/c16-15(17,18)23-13-3-1-2-12(6-13)21-5-4-11(9-21)20-14(22)10-7-19-8-10/h1-3,6,10-11,19H,4-5,7-9H2,(H,20,22). The van der Waals surface area contributed by atoms with Gasteiger partial charge >= 0.3 is 6.36 Å². The van der Waals surface area contributed by atoms with Crippen LogP contribution in [0.5, 0.6) is 5.75 Å². The zero-order valence-corrected chi connectivity index (χ0v) is 12.4. The molecule has 3 rings (SSSR count).